The van der Waals surface area contributed by atoms with Crippen molar-refractivity contribution >= 4 is 35.9 Å². The van der Waals surface area contributed by atoms with Crippen LogP contribution in [0.2, 0.25) is 0 Å². The number of hydrogen-bond acceptors (Lipinski definition) is 3. The number of nitrogens with one attached hydrogen (secondary N) is 1. The minimum absolute atomic E-state index is 0. The number of ether oxygens (including phenoxy) is 1. The predicted molar refractivity (Wildman–Crippen MR) is 113 cm³/mol. The Hall–Kier alpha value is -1.31. The van der Waals surface area contributed by atoms with E-state index in [2.05, 4.69) is 55.3 Å². The Morgan fingerprint density at radius 3 is 2.60 bits per heavy atom. The smallest absolute Gasteiger partial charge is 0.310 e. The van der Waals surface area contributed by atoms with Gasteiger partial charge in [-0.05, 0) is 31.7 Å². The molecule has 0 saturated carbocycles. The molecular weight excluding hydrogens is 429 g/mol. The highest BCUT2D eigenvalue weighted by atomic mass is 127. The molecule has 5 nitrogen and oxygen atoms in total. The maximum absolute atomic E-state index is 11.9. The summed E-state index contributed by atoms with van der Waals surface area (Å²) >= 11 is 0. The maximum Gasteiger partial charge on any atom is 0.310 e. The largest absolute Gasteiger partial charge is 0.469 e. The van der Waals surface area contributed by atoms with Crippen LogP contribution in [0.1, 0.15) is 25.0 Å². The fourth-order valence-electron chi connectivity index (χ4n) is 3.07. The van der Waals surface area contributed by atoms with Crippen LogP contribution < -0.4 is 5.32 Å². The van der Waals surface area contributed by atoms with E-state index in [1.54, 1.807) is 0 Å². The minimum atomic E-state index is -0.125. The maximum atomic E-state index is 11.9. The summed E-state index contributed by atoms with van der Waals surface area (Å²) in [6.45, 7) is 9.30. The number of likely N-dealkylation sites (tertiary alicyclic amines) is 1. The van der Waals surface area contributed by atoms with Gasteiger partial charge in [-0.3, -0.25) is 9.79 Å². The zero-order chi connectivity index (χ0) is 17.5. The fraction of sp³-hybridized carbons (Fsp3) is 0.579. The molecule has 1 heterocycles. The summed E-state index contributed by atoms with van der Waals surface area (Å²) in [7, 11) is 1.46. The Labute approximate surface area is 168 Å². The number of guanidine groups is 1. The number of rotatable bonds is 5. The molecule has 1 aromatic rings. The monoisotopic (exact) mass is 459 g/mol. The molecule has 2 rings (SSSR count). The Kier molecular flexibility index (Phi) is 9.24. The van der Waals surface area contributed by atoms with Crippen LogP contribution in [-0.2, 0) is 16.0 Å². The summed E-state index contributed by atoms with van der Waals surface area (Å²) in [5.41, 5.74) is 2.57. The van der Waals surface area contributed by atoms with Gasteiger partial charge in [-0.25, -0.2) is 0 Å². The second kappa shape index (κ2) is 10.6. The number of halogens is 1. The van der Waals surface area contributed by atoms with Crippen LogP contribution in [0.5, 0.6) is 0 Å². The summed E-state index contributed by atoms with van der Waals surface area (Å²) in [6.07, 6.45) is 0.916. The molecule has 0 amide bonds. The van der Waals surface area contributed by atoms with E-state index in [9.17, 15) is 4.79 Å². The molecule has 0 spiro atoms. The van der Waals surface area contributed by atoms with Crippen LogP contribution in [0.15, 0.2) is 29.3 Å². The first kappa shape index (κ1) is 21.7. The Morgan fingerprint density at radius 2 is 2.00 bits per heavy atom. The topological polar surface area (TPSA) is 53.9 Å². The van der Waals surface area contributed by atoms with Gasteiger partial charge in [-0.15, -0.1) is 24.0 Å². The number of nitrogens with zero attached hydrogens (tertiary/aromatic N) is 2. The number of benzene rings is 1. The lowest BCUT2D eigenvalue weighted by atomic mass is 9.99. The molecule has 1 N–H and O–H groups in total. The van der Waals surface area contributed by atoms with Crippen LogP contribution in [0.3, 0.4) is 0 Å². The number of carbonyl (C=O) groups is 1. The van der Waals surface area contributed by atoms with Crippen molar-refractivity contribution in [2.24, 2.45) is 16.8 Å². The second-order valence-corrected chi connectivity index (χ2v) is 6.48. The summed E-state index contributed by atoms with van der Waals surface area (Å²) in [5, 5.41) is 3.34. The third kappa shape index (κ3) is 6.17. The van der Waals surface area contributed by atoms with Crippen molar-refractivity contribution in [3.63, 3.8) is 0 Å². The number of methoxy groups -OCH3 is 1. The van der Waals surface area contributed by atoms with E-state index in [-0.39, 0.29) is 41.8 Å². The van der Waals surface area contributed by atoms with Gasteiger partial charge in [-0.1, -0.05) is 36.8 Å². The van der Waals surface area contributed by atoms with E-state index < -0.39 is 0 Å². The molecular formula is C19H30IN3O2. The van der Waals surface area contributed by atoms with E-state index >= 15 is 0 Å². The van der Waals surface area contributed by atoms with Gasteiger partial charge < -0.3 is 15.0 Å². The molecule has 1 aliphatic heterocycles. The van der Waals surface area contributed by atoms with Crippen molar-refractivity contribution in [3.05, 3.63) is 35.4 Å². The molecule has 0 aromatic heterocycles. The standard InChI is InChI=1S/C19H29N3O2.HI/c1-5-20-19(21-11-10-16-8-6-14(2)7-9-16)22-12-15(3)17(13-22)18(23)24-4;/h6-9,15,17H,5,10-13H2,1-4H3,(H,20,21);1H. The number of hydrogen-bond donors (Lipinski definition) is 1. The molecule has 1 saturated heterocycles. The van der Waals surface area contributed by atoms with Gasteiger partial charge >= 0.3 is 5.97 Å². The average molecular weight is 459 g/mol. The molecule has 140 valence electrons. The average Bonchev–Trinajstić information content (AvgIpc) is 2.97. The van der Waals surface area contributed by atoms with Gasteiger partial charge in [0.05, 0.1) is 13.0 Å². The lowest BCUT2D eigenvalue weighted by Gasteiger charge is -2.21. The lowest BCUT2D eigenvalue weighted by molar-refractivity contribution is -0.145. The highest BCUT2D eigenvalue weighted by Gasteiger charge is 2.36. The van der Waals surface area contributed by atoms with Crippen molar-refractivity contribution in [2.75, 3.05) is 33.3 Å². The Bertz CT molecular complexity index is 575. The fourth-order valence-corrected chi connectivity index (χ4v) is 3.07. The molecule has 0 bridgehead atoms. The highest BCUT2D eigenvalue weighted by Crippen LogP contribution is 2.24. The van der Waals surface area contributed by atoms with Gasteiger partial charge in [0.1, 0.15) is 0 Å². The number of carbonyl (C=O) groups excluding carboxylic acids is 1. The van der Waals surface area contributed by atoms with E-state index in [0.717, 1.165) is 32.0 Å². The summed E-state index contributed by atoms with van der Waals surface area (Å²) in [5.74, 6) is 0.970. The number of aryl methyl sites for hydroxylation is 1. The summed E-state index contributed by atoms with van der Waals surface area (Å²) in [4.78, 5) is 18.8. The molecule has 1 fully saturated rings. The first-order valence-electron chi connectivity index (χ1n) is 8.71. The number of aliphatic imine (C=N–C) groups is 1. The van der Waals surface area contributed by atoms with Gasteiger partial charge in [0.2, 0.25) is 0 Å². The van der Waals surface area contributed by atoms with Crippen molar-refractivity contribution in [1.82, 2.24) is 10.2 Å². The molecule has 2 atom stereocenters. The lowest BCUT2D eigenvalue weighted by Crippen LogP contribution is -2.40. The van der Waals surface area contributed by atoms with Crippen LogP contribution in [0.25, 0.3) is 0 Å². The Morgan fingerprint density at radius 1 is 1.32 bits per heavy atom. The van der Waals surface area contributed by atoms with Gasteiger partial charge in [0.25, 0.3) is 0 Å². The van der Waals surface area contributed by atoms with Crippen LogP contribution in [-0.4, -0.2) is 50.1 Å². The molecule has 25 heavy (non-hydrogen) atoms. The zero-order valence-electron chi connectivity index (χ0n) is 15.6. The minimum Gasteiger partial charge on any atom is -0.469 e. The molecule has 2 unspecified atom stereocenters. The molecule has 1 aliphatic rings. The number of esters is 1. The molecule has 6 heteroatoms. The third-order valence-corrected chi connectivity index (χ3v) is 4.53. The summed E-state index contributed by atoms with van der Waals surface area (Å²) in [6, 6.07) is 8.58. The quantitative estimate of drug-likeness (QED) is 0.319. The summed E-state index contributed by atoms with van der Waals surface area (Å²) < 4.78 is 4.92. The van der Waals surface area contributed by atoms with Crippen molar-refractivity contribution < 1.29 is 9.53 Å². The van der Waals surface area contributed by atoms with Crippen molar-refractivity contribution in [3.8, 4) is 0 Å². The highest BCUT2D eigenvalue weighted by molar-refractivity contribution is 14.0. The Balaban J connectivity index is 0.00000312. The van der Waals surface area contributed by atoms with Gasteiger partial charge in [0, 0.05) is 26.2 Å². The molecule has 0 aliphatic carbocycles. The predicted octanol–water partition coefficient (Wildman–Crippen LogP) is 2.86. The second-order valence-electron chi connectivity index (χ2n) is 6.48. The van der Waals surface area contributed by atoms with Crippen LogP contribution in [0.4, 0.5) is 0 Å². The molecule has 0 radical (unpaired) electrons. The van der Waals surface area contributed by atoms with Crippen LogP contribution in [0, 0.1) is 18.8 Å². The molecule has 1 aromatic carbocycles. The first-order valence-corrected chi connectivity index (χ1v) is 8.71. The first-order chi connectivity index (χ1) is 11.5. The van der Waals surface area contributed by atoms with Gasteiger partial charge in [-0.2, -0.15) is 0 Å². The van der Waals surface area contributed by atoms with E-state index in [1.807, 2.05) is 0 Å². The van der Waals surface area contributed by atoms with Crippen LogP contribution >= 0.6 is 24.0 Å². The zero-order valence-corrected chi connectivity index (χ0v) is 17.9. The van der Waals surface area contributed by atoms with Crippen molar-refractivity contribution in [2.45, 2.75) is 27.2 Å². The SMILES string of the molecule is CCNC(=NCCc1ccc(C)cc1)N1CC(C)C(C(=O)OC)C1.I. The van der Waals surface area contributed by atoms with E-state index in [4.69, 9.17) is 9.73 Å². The van der Waals surface area contributed by atoms with E-state index in [1.165, 1.54) is 18.2 Å². The van der Waals surface area contributed by atoms with Crippen molar-refractivity contribution in [1.29, 1.82) is 0 Å². The van der Waals surface area contributed by atoms with Gasteiger partial charge in [0.15, 0.2) is 5.96 Å². The third-order valence-electron chi connectivity index (χ3n) is 4.53. The normalized spacial score (nSPS) is 20.2. The van der Waals surface area contributed by atoms with E-state index in [0.29, 0.717) is 6.54 Å².